The Kier molecular flexibility index (Phi) is 4.77. The molecule has 5 nitrogen and oxygen atoms in total. The van der Waals surface area contributed by atoms with Gasteiger partial charge in [0, 0.05) is 13.7 Å². The van der Waals surface area contributed by atoms with Gasteiger partial charge in [0.15, 0.2) is 0 Å². The Morgan fingerprint density at radius 1 is 1.29 bits per heavy atom. The molecule has 0 radical (unpaired) electrons. The number of nitrogens with zero attached hydrogens (tertiary/aromatic N) is 1. The fourth-order valence-corrected chi connectivity index (χ4v) is 2.31. The minimum Gasteiger partial charge on any atom is -0.508 e. The molecule has 0 fully saturated rings. The van der Waals surface area contributed by atoms with E-state index in [4.69, 9.17) is 9.84 Å². The van der Waals surface area contributed by atoms with Crippen molar-refractivity contribution in [1.29, 1.82) is 0 Å². The normalized spacial score (nSPS) is 11.4. The summed E-state index contributed by atoms with van der Waals surface area (Å²) < 4.78 is 30.0. The SMILES string of the molecule is CCOCCS(=O)(=O)N(C)c1ccc(O)cc1. The van der Waals surface area contributed by atoms with Gasteiger partial charge in [-0.1, -0.05) is 0 Å². The second-order valence-corrected chi connectivity index (χ2v) is 5.62. The molecule has 0 aliphatic heterocycles. The minimum absolute atomic E-state index is 0.0573. The maximum absolute atomic E-state index is 11.9. The standard InChI is InChI=1S/C11H17NO4S/c1-3-16-8-9-17(14,15)12(2)10-4-6-11(13)7-5-10/h4-7,13H,3,8-9H2,1-2H3. The summed E-state index contributed by atoms with van der Waals surface area (Å²) in [5.41, 5.74) is 0.513. The molecular formula is C11H17NO4S. The highest BCUT2D eigenvalue weighted by Crippen LogP contribution is 2.19. The molecule has 0 aromatic heterocycles. The number of phenolic OH excluding ortho intramolecular Hbond substituents is 1. The van der Waals surface area contributed by atoms with Crippen molar-refractivity contribution in [1.82, 2.24) is 0 Å². The third kappa shape index (κ3) is 3.90. The van der Waals surface area contributed by atoms with Gasteiger partial charge < -0.3 is 9.84 Å². The number of hydrogen-bond donors (Lipinski definition) is 1. The van der Waals surface area contributed by atoms with Crippen molar-refractivity contribution in [2.75, 3.05) is 30.3 Å². The Balaban J connectivity index is 2.74. The first kappa shape index (κ1) is 13.8. The number of sulfonamides is 1. The molecule has 6 heteroatoms. The molecule has 0 saturated heterocycles. The lowest BCUT2D eigenvalue weighted by atomic mass is 10.3. The largest absolute Gasteiger partial charge is 0.508 e. The number of phenols is 1. The van der Waals surface area contributed by atoms with Crippen LogP contribution in [0.1, 0.15) is 6.92 Å². The molecule has 1 aromatic carbocycles. The molecule has 0 unspecified atom stereocenters. The van der Waals surface area contributed by atoms with Crippen molar-refractivity contribution in [2.24, 2.45) is 0 Å². The quantitative estimate of drug-likeness (QED) is 0.779. The first-order valence-electron chi connectivity index (χ1n) is 5.30. The maximum Gasteiger partial charge on any atom is 0.237 e. The van der Waals surface area contributed by atoms with Gasteiger partial charge >= 0.3 is 0 Å². The zero-order valence-electron chi connectivity index (χ0n) is 9.96. The van der Waals surface area contributed by atoms with E-state index in [9.17, 15) is 8.42 Å². The molecule has 0 aliphatic rings. The second kappa shape index (κ2) is 5.88. The number of hydrogen-bond acceptors (Lipinski definition) is 4. The van der Waals surface area contributed by atoms with Crippen molar-refractivity contribution in [3.63, 3.8) is 0 Å². The lowest BCUT2D eigenvalue weighted by molar-refractivity contribution is 0.163. The highest BCUT2D eigenvalue weighted by Gasteiger charge is 2.17. The molecule has 0 atom stereocenters. The van der Waals surface area contributed by atoms with E-state index >= 15 is 0 Å². The highest BCUT2D eigenvalue weighted by atomic mass is 32.2. The van der Waals surface area contributed by atoms with Crippen LogP contribution in [-0.2, 0) is 14.8 Å². The summed E-state index contributed by atoms with van der Waals surface area (Å²) in [4.78, 5) is 0. The molecular weight excluding hydrogens is 242 g/mol. The number of rotatable bonds is 6. The van der Waals surface area contributed by atoms with Crippen molar-refractivity contribution in [3.8, 4) is 5.75 Å². The third-order valence-electron chi connectivity index (χ3n) is 2.32. The molecule has 1 rings (SSSR count). The fraction of sp³-hybridized carbons (Fsp3) is 0.455. The summed E-state index contributed by atoms with van der Waals surface area (Å²) in [7, 11) is -1.89. The number of benzene rings is 1. The number of aromatic hydroxyl groups is 1. The molecule has 1 aromatic rings. The first-order chi connectivity index (χ1) is 7.97. The van der Waals surface area contributed by atoms with Crippen LogP contribution in [0.25, 0.3) is 0 Å². The maximum atomic E-state index is 11.9. The molecule has 0 saturated carbocycles. The van der Waals surface area contributed by atoms with Crippen LogP contribution in [0, 0.1) is 0 Å². The average molecular weight is 259 g/mol. The van der Waals surface area contributed by atoms with Gasteiger partial charge in [-0.15, -0.1) is 0 Å². The molecule has 0 bridgehead atoms. The summed E-state index contributed by atoms with van der Waals surface area (Å²) in [6, 6.07) is 5.99. The van der Waals surface area contributed by atoms with Crippen LogP contribution < -0.4 is 4.31 Å². The van der Waals surface area contributed by atoms with E-state index < -0.39 is 10.0 Å². The van der Waals surface area contributed by atoms with Gasteiger partial charge in [0.2, 0.25) is 10.0 Å². The summed E-state index contributed by atoms with van der Waals surface area (Å²) in [5, 5.41) is 9.13. The van der Waals surface area contributed by atoms with Crippen LogP contribution in [0.3, 0.4) is 0 Å². The van der Waals surface area contributed by atoms with Crippen LogP contribution >= 0.6 is 0 Å². The predicted molar refractivity (Wildman–Crippen MR) is 66.8 cm³/mol. The highest BCUT2D eigenvalue weighted by molar-refractivity contribution is 7.92. The Morgan fingerprint density at radius 2 is 1.88 bits per heavy atom. The fourth-order valence-electron chi connectivity index (χ4n) is 1.27. The van der Waals surface area contributed by atoms with Crippen molar-refractivity contribution < 1.29 is 18.3 Å². The number of anilines is 1. The molecule has 0 amide bonds. The molecule has 0 spiro atoms. The van der Waals surface area contributed by atoms with Gasteiger partial charge in [0.1, 0.15) is 5.75 Å². The topological polar surface area (TPSA) is 66.8 Å². The van der Waals surface area contributed by atoms with Crippen LogP contribution in [0.2, 0.25) is 0 Å². The zero-order valence-corrected chi connectivity index (χ0v) is 10.8. The summed E-state index contributed by atoms with van der Waals surface area (Å²) in [6.07, 6.45) is 0. The van der Waals surface area contributed by atoms with Crippen molar-refractivity contribution in [2.45, 2.75) is 6.92 Å². The molecule has 0 aliphatic carbocycles. The summed E-state index contributed by atoms with van der Waals surface area (Å²) in [6.45, 7) is 2.50. The van der Waals surface area contributed by atoms with Crippen LogP contribution in [0.4, 0.5) is 5.69 Å². The minimum atomic E-state index is -3.37. The van der Waals surface area contributed by atoms with Gasteiger partial charge in [-0.2, -0.15) is 0 Å². The smallest absolute Gasteiger partial charge is 0.237 e. The lowest BCUT2D eigenvalue weighted by Crippen LogP contribution is -2.30. The second-order valence-electron chi connectivity index (χ2n) is 3.50. The number of ether oxygens (including phenoxy) is 1. The van der Waals surface area contributed by atoms with Gasteiger partial charge in [0.05, 0.1) is 18.0 Å². The van der Waals surface area contributed by atoms with E-state index in [-0.39, 0.29) is 18.1 Å². The Morgan fingerprint density at radius 3 is 2.41 bits per heavy atom. The van der Waals surface area contributed by atoms with Gasteiger partial charge in [-0.3, -0.25) is 4.31 Å². The first-order valence-corrected chi connectivity index (χ1v) is 6.91. The molecule has 0 heterocycles. The van der Waals surface area contributed by atoms with E-state index in [1.165, 1.54) is 23.5 Å². The van der Waals surface area contributed by atoms with Crippen molar-refractivity contribution in [3.05, 3.63) is 24.3 Å². The molecule has 96 valence electrons. The predicted octanol–water partition coefficient (Wildman–Crippen LogP) is 1.19. The van der Waals surface area contributed by atoms with Crippen LogP contribution in [0.15, 0.2) is 24.3 Å². The van der Waals surface area contributed by atoms with E-state index in [2.05, 4.69) is 0 Å². The monoisotopic (exact) mass is 259 g/mol. The van der Waals surface area contributed by atoms with E-state index in [1.807, 2.05) is 6.92 Å². The van der Waals surface area contributed by atoms with Gasteiger partial charge in [-0.05, 0) is 31.2 Å². The van der Waals surface area contributed by atoms with E-state index in [1.54, 1.807) is 12.1 Å². The van der Waals surface area contributed by atoms with Gasteiger partial charge in [-0.25, -0.2) is 8.42 Å². The van der Waals surface area contributed by atoms with E-state index in [0.29, 0.717) is 12.3 Å². The Bertz CT molecular complexity index is 441. The summed E-state index contributed by atoms with van der Waals surface area (Å²) >= 11 is 0. The average Bonchev–Trinajstić information content (AvgIpc) is 2.29. The third-order valence-corrected chi connectivity index (χ3v) is 4.05. The molecule has 1 N–H and O–H groups in total. The van der Waals surface area contributed by atoms with Gasteiger partial charge in [0.25, 0.3) is 0 Å². The van der Waals surface area contributed by atoms with E-state index in [0.717, 1.165) is 0 Å². The Hall–Kier alpha value is -1.27. The van der Waals surface area contributed by atoms with Crippen LogP contribution in [0.5, 0.6) is 5.75 Å². The summed E-state index contributed by atoms with van der Waals surface area (Å²) in [5.74, 6) is 0.0481. The zero-order chi connectivity index (χ0) is 12.9. The van der Waals surface area contributed by atoms with Crippen LogP contribution in [-0.4, -0.2) is 39.5 Å². The molecule has 17 heavy (non-hydrogen) atoms. The lowest BCUT2D eigenvalue weighted by Gasteiger charge is -2.19. The Labute approximate surface area is 102 Å². The van der Waals surface area contributed by atoms with Crippen molar-refractivity contribution >= 4 is 15.7 Å².